The summed E-state index contributed by atoms with van der Waals surface area (Å²) in [7, 11) is 0. The molecule has 4 nitrogen and oxygen atoms in total. The van der Waals surface area contributed by atoms with E-state index in [4.69, 9.17) is 0 Å². The lowest BCUT2D eigenvalue weighted by molar-refractivity contribution is -0.0229. The summed E-state index contributed by atoms with van der Waals surface area (Å²) in [6.07, 6.45) is 13.0. The predicted octanol–water partition coefficient (Wildman–Crippen LogP) is 4.45. The number of fused-ring (bicyclic) bond motifs is 1. The fourth-order valence-electron chi connectivity index (χ4n) is 6.26. The molecule has 3 aliphatic carbocycles. The van der Waals surface area contributed by atoms with E-state index in [9.17, 15) is 20.4 Å². The van der Waals surface area contributed by atoms with Crippen LogP contribution in [0.2, 0.25) is 0 Å². The first kappa shape index (κ1) is 24.4. The standard InChI is InChI=1S/C27H42O4/c1-17(8-13-25(30)26(3,4)31)22-11-12-23-19(7-6-14-27(22,23)5)9-10-20-15-21(28)16-24(29)18(20)2/h8-10,13,17,21-25,28-31H,2,6-7,11-12,14-16H2,1,3-5H3/b13-8+,19-9+,20-10-/t17-,21-,22-,23+,24+,25+,27-/m1/s1. The van der Waals surface area contributed by atoms with Gasteiger partial charge >= 0.3 is 0 Å². The van der Waals surface area contributed by atoms with E-state index in [1.165, 1.54) is 31.3 Å². The Morgan fingerprint density at radius 3 is 2.55 bits per heavy atom. The first-order valence-electron chi connectivity index (χ1n) is 12.0. The molecule has 0 amide bonds. The van der Waals surface area contributed by atoms with Gasteiger partial charge in [0.2, 0.25) is 0 Å². The van der Waals surface area contributed by atoms with Gasteiger partial charge in [0, 0.05) is 6.42 Å². The van der Waals surface area contributed by atoms with Crippen LogP contribution in [0.15, 0.2) is 47.6 Å². The van der Waals surface area contributed by atoms with Crippen LogP contribution in [0.4, 0.5) is 0 Å². The highest BCUT2D eigenvalue weighted by Gasteiger charge is 2.50. The quantitative estimate of drug-likeness (QED) is 0.486. The average molecular weight is 431 g/mol. The Labute approximate surface area is 188 Å². The Kier molecular flexibility index (Phi) is 7.37. The van der Waals surface area contributed by atoms with Crippen LogP contribution in [-0.4, -0.2) is 44.3 Å². The molecular weight excluding hydrogens is 388 g/mol. The molecular formula is C27H42O4. The van der Waals surface area contributed by atoms with Crippen molar-refractivity contribution in [2.24, 2.45) is 23.2 Å². The number of hydrogen-bond acceptors (Lipinski definition) is 4. The average Bonchev–Trinajstić information content (AvgIpc) is 3.04. The van der Waals surface area contributed by atoms with Gasteiger partial charge in [-0.15, -0.1) is 0 Å². The summed E-state index contributed by atoms with van der Waals surface area (Å²) >= 11 is 0. The molecule has 3 rings (SSSR count). The summed E-state index contributed by atoms with van der Waals surface area (Å²) < 4.78 is 0. The minimum Gasteiger partial charge on any atom is -0.393 e. The molecule has 0 unspecified atom stereocenters. The minimum absolute atomic E-state index is 0.231. The molecule has 4 heteroatoms. The van der Waals surface area contributed by atoms with Crippen LogP contribution in [0, 0.1) is 23.2 Å². The van der Waals surface area contributed by atoms with E-state index >= 15 is 0 Å². The van der Waals surface area contributed by atoms with Crippen LogP contribution in [0.25, 0.3) is 0 Å². The molecule has 0 saturated heterocycles. The molecule has 3 aliphatic rings. The van der Waals surface area contributed by atoms with Crippen molar-refractivity contribution in [1.29, 1.82) is 0 Å². The monoisotopic (exact) mass is 430 g/mol. The molecule has 0 radical (unpaired) electrons. The van der Waals surface area contributed by atoms with Crippen molar-refractivity contribution in [1.82, 2.24) is 0 Å². The molecule has 3 saturated carbocycles. The Hall–Kier alpha value is -1.20. The first-order valence-corrected chi connectivity index (χ1v) is 12.0. The number of rotatable bonds is 5. The molecule has 4 N–H and O–H groups in total. The van der Waals surface area contributed by atoms with Gasteiger partial charge in [-0.25, -0.2) is 0 Å². The normalized spacial score (nSPS) is 39.3. The van der Waals surface area contributed by atoms with Crippen molar-refractivity contribution in [3.63, 3.8) is 0 Å². The number of aliphatic hydroxyl groups is 4. The zero-order chi connectivity index (χ0) is 23.0. The first-order chi connectivity index (χ1) is 14.4. The largest absolute Gasteiger partial charge is 0.393 e. The summed E-state index contributed by atoms with van der Waals surface area (Å²) in [6.45, 7) is 12.0. The molecule has 0 aromatic carbocycles. The number of hydrogen-bond donors (Lipinski definition) is 4. The van der Waals surface area contributed by atoms with Crippen LogP contribution in [-0.2, 0) is 0 Å². The SMILES string of the molecule is C=C1/C(=C\C=C2/CCC[C@]3(C)[C@@H]([C@H](C)/C=C/[C@H](O)C(C)(C)O)CC[C@@H]23)C[C@@H](O)C[C@@H]1O. The van der Waals surface area contributed by atoms with Gasteiger partial charge in [-0.1, -0.05) is 50.3 Å². The van der Waals surface area contributed by atoms with E-state index in [2.05, 4.69) is 38.7 Å². The van der Waals surface area contributed by atoms with E-state index in [0.29, 0.717) is 30.6 Å². The van der Waals surface area contributed by atoms with E-state index in [1.54, 1.807) is 19.9 Å². The number of aliphatic hydroxyl groups excluding tert-OH is 3. The molecule has 0 aromatic heterocycles. The van der Waals surface area contributed by atoms with Gasteiger partial charge in [-0.3, -0.25) is 0 Å². The maximum atomic E-state index is 10.2. The Balaban J connectivity index is 1.76. The second-order valence-electron chi connectivity index (χ2n) is 11.0. The lowest BCUT2D eigenvalue weighted by Crippen LogP contribution is -2.36. The second kappa shape index (κ2) is 9.35. The van der Waals surface area contributed by atoms with E-state index in [-0.39, 0.29) is 5.41 Å². The maximum absolute atomic E-state index is 10.2. The lowest BCUT2D eigenvalue weighted by Gasteiger charge is -2.44. The summed E-state index contributed by atoms with van der Waals surface area (Å²) in [5.41, 5.74) is 2.30. The lowest BCUT2D eigenvalue weighted by atomic mass is 9.61. The topological polar surface area (TPSA) is 80.9 Å². The van der Waals surface area contributed by atoms with Gasteiger partial charge in [0.15, 0.2) is 0 Å². The molecule has 0 aliphatic heterocycles. The van der Waals surface area contributed by atoms with Crippen molar-refractivity contribution in [2.45, 2.75) is 96.6 Å². The number of allylic oxidation sites excluding steroid dienone is 4. The molecule has 0 bridgehead atoms. The fraction of sp³-hybridized carbons (Fsp3) is 0.704. The smallest absolute Gasteiger partial charge is 0.100 e. The van der Waals surface area contributed by atoms with E-state index in [0.717, 1.165) is 17.6 Å². The van der Waals surface area contributed by atoms with Crippen molar-refractivity contribution in [3.8, 4) is 0 Å². The highest BCUT2D eigenvalue weighted by molar-refractivity contribution is 5.38. The Bertz CT molecular complexity index is 756. The molecule has 174 valence electrons. The maximum Gasteiger partial charge on any atom is 0.100 e. The third-order valence-electron chi connectivity index (χ3n) is 8.26. The van der Waals surface area contributed by atoms with E-state index < -0.39 is 23.9 Å². The molecule has 3 fully saturated rings. The third kappa shape index (κ3) is 5.24. The van der Waals surface area contributed by atoms with Gasteiger partial charge in [-0.2, -0.15) is 0 Å². The Morgan fingerprint density at radius 2 is 1.87 bits per heavy atom. The molecule has 0 heterocycles. The Morgan fingerprint density at radius 1 is 1.16 bits per heavy atom. The van der Waals surface area contributed by atoms with Gasteiger partial charge in [0.1, 0.15) is 6.10 Å². The molecule has 0 aromatic rings. The summed E-state index contributed by atoms with van der Waals surface area (Å²) in [6, 6.07) is 0. The van der Waals surface area contributed by atoms with Crippen LogP contribution in [0.3, 0.4) is 0 Å². The van der Waals surface area contributed by atoms with Crippen molar-refractivity contribution in [2.75, 3.05) is 0 Å². The van der Waals surface area contributed by atoms with Crippen molar-refractivity contribution in [3.05, 3.63) is 47.6 Å². The highest BCUT2D eigenvalue weighted by atomic mass is 16.3. The van der Waals surface area contributed by atoms with Crippen molar-refractivity contribution >= 4 is 0 Å². The molecule has 7 atom stereocenters. The predicted molar refractivity (Wildman–Crippen MR) is 125 cm³/mol. The third-order valence-corrected chi connectivity index (χ3v) is 8.26. The summed E-state index contributed by atoms with van der Waals surface area (Å²) in [4.78, 5) is 0. The van der Waals surface area contributed by atoms with Gasteiger partial charge in [-0.05, 0) is 86.7 Å². The second-order valence-corrected chi connectivity index (χ2v) is 11.0. The van der Waals surface area contributed by atoms with Crippen LogP contribution < -0.4 is 0 Å². The molecule has 31 heavy (non-hydrogen) atoms. The van der Waals surface area contributed by atoms with Crippen LogP contribution >= 0.6 is 0 Å². The molecule has 0 spiro atoms. The van der Waals surface area contributed by atoms with E-state index in [1.807, 2.05) is 0 Å². The van der Waals surface area contributed by atoms with Crippen LogP contribution in [0.5, 0.6) is 0 Å². The summed E-state index contributed by atoms with van der Waals surface area (Å²) in [5.74, 6) is 1.44. The zero-order valence-electron chi connectivity index (χ0n) is 19.7. The van der Waals surface area contributed by atoms with Crippen LogP contribution in [0.1, 0.15) is 72.6 Å². The fourth-order valence-corrected chi connectivity index (χ4v) is 6.26. The highest BCUT2D eigenvalue weighted by Crippen LogP contribution is 2.59. The van der Waals surface area contributed by atoms with Gasteiger partial charge in [0.25, 0.3) is 0 Å². The van der Waals surface area contributed by atoms with Gasteiger partial charge in [0.05, 0.1) is 17.8 Å². The summed E-state index contributed by atoms with van der Waals surface area (Å²) in [5, 5.41) is 40.3. The zero-order valence-corrected chi connectivity index (χ0v) is 19.7. The van der Waals surface area contributed by atoms with Gasteiger partial charge < -0.3 is 20.4 Å². The van der Waals surface area contributed by atoms with Crippen molar-refractivity contribution < 1.29 is 20.4 Å². The minimum atomic E-state index is -1.13.